The zero-order valence-electron chi connectivity index (χ0n) is 9.20. The Kier molecular flexibility index (Phi) is 3.54. The fraction of sp³-hybridized carbons (Fsp3) is 0. The molecule has 0 atom stereocenters. The Labute approximate surface area is 107 Å². The molecule has 0 spiro atoms. The van der Waals surface area contributed by atoms with Gasteiger partial charge in [-0.3, -0.25) is 4.98 Å². The molecule has 0 unspecified atom stereocenters. The third-order valence-electron chi connectivity index (χ3n) is 2.01. The molecule has 0 saturated carbocycles. The maximum atomic E-state index is 8.73. The molecule has 0 saturated heterocycles. The summed E-state index contributed by atoms with van der Waals surface area (Å²) in [5.74, 6) is 0.208. The second-order valence-electron chi connectivity index (χ2n) is 3.27. The quantitative estimate of drug-likeness (QED) is 0.537. The van der Waals surface area contributed by atoms with Crippen LogP contribution in [0.2, 0.25) is 0 Å². The molecule has 0 amide bonds. The van der Waals surface area contributed by atoms with E-state index in [0.717, 1.165) is 0 Å². The molecule has 0 radical (unpaired) electrons. The molecule has 18 heavy (non-hydrogen) atoms. The highest BCUT2D eigenvalue weighted by molar-refractivity contribution is 7.71. The summed E-state index contributed by atoms with van der Waals surface area (Å²) >= 11 is 4.75. The van der Waals surface area contributed by atoms with Crippen LogP contribution in [-0.4, -0.2) is 20.1 Å². The topological polar surface area (TPSA) is 101 Å². The van der Waals surface area contributed by atoms with Crippen LogP contribution < -0.4 is 5.73 Å². The molecule has 3 rings (SSSR count). The third-order valence-corrected chi connectivity index (χ3v) is 2.20. The highest BCUT2D eigenvalue weighted by atomic mass is 32.1. The molecule has 3 aromatic rings. The van der Waals surface area contributed by atoms with E-state index in [1.165, 1.54) is 12.3 Å². The van der Waals surface area contributed by atoms with Gasteiger partial charge in [0.25, 0.3) is 4.84 Å². The fourth-order valence-electron chi connectivity index (χ4n) is 1.20. The predicted octanol–water partition coefficient (Wildman–Crippen LogP) is 2.25. The van der Waals surface area contributed by atoms with Gasteiger partial charge in [0.15, 0.2) is 22.8 Å². The number of pyridine rings is 2. The van der Waals surface area contributed by atoms with E-state index in [9.17, 15) is 0 Å². The van der Waals surface area contributed by atoms with Crippen LogP contribution in [0.4, 0.5) is 5.82 Å². The maximum absolute atomic E-state index is 8.73. The summed E-state index contributed by atoms with van der Waals surface area (Å²) in [6.07, 6.45) is 3.21. The molecule has 0 aliphatic carbocycles. The van der Waals surface area contributed by atoms with Crippen molar-refractivity contribution in [3.63, 3.8) is 0 Å². The molecule has 4 N–H and O–H groups in total. The molecule has 0 aliphatic rings. The Morgan fingerprint density at radius 2 is 1.94 bits per heavy atom. The first-order valence-electron chi connectivity index (χ1n) is 5.00. The number of aromatic amines is 1. The molecule has 3 heterocycles. The minimum absolute atomic E-state index is 0.0347. The average molecular weight is 262 g/mol. The van der Waals surface area contributed by atoms with Crippen LogP contribution in [-0.2, 0) is 0 Å². The summed E-state index contributed by atoms with van der Waals surface area (Å²) in [6.45, 7) is 0. The normalized spacial score (nSPS) is 9.78. The predicted molar refractivity (Wildman–Crippen MR) is 69.5 cm³/mol. The molecular formula is C11H10N4O2S. The van der Waals surface area contributed by atoms with Gasteiger partial charge in [-0.25, -0.2) is 9.97 Å². The molecular weight excluding hydrogens is 252 g/mol. The lowest BCUT2D eigenvalue weighted by atomic mass is 10.4. The van der Waals surface area contributed by atoms with E-state index in [1.54, 1.807) is 18.3 Å². The average Bonchev–Trinajstić information content (AvgIpc) is 2.74. The second kappa shape index (κ2) is 5.28. The summed E-state index contributed by atoms with van der Waals surface area (Å²) in [6, 6.07) is 6.72. The summed E-state index contributed by atoms with van der Waals surface area (Å²) in [5, 5.41) is 8.73. The van der Waals surface area contributed by atoms with Gasteiger partial charge in [0.1, 0.15) is 0 Å². The maximum Gasteiger partial charge on any atom is 0.268 e. The van der Waals surface area contributed by atoms with E-state index in [-0.39, 0.29) is 11.6 Å². The lowest BCUT2D eigenvalue weighted by Crippen LogP contribution is -1.87. The van der Waals surface area contributed by atoms with Crippen LogP contribution >= 0.6 is 12.2 Å². The van der Waals surface area contributed by atoms with E-state index < -0.39 is 0 Å². The Balaban J connectivity index is 0.000000138. The number of anilines is 1. The Morgan fingerprint density at radius 1 is 1.22 bits per heavy atom. The largest absolute Gasteiger partial charge is 0.504 e. The van der Waals surface area contributed by atoms with Crippen molar-refractivity contribution in [3.05, 3.63) is 41.5 Å². The monoisotopic (exact) mass is 262 g/mol. The smallest absolute Gasteiger partial charge is 0.268 e. The van der Waals surface area contributed by atoms with Crippen LogP contribution in [0.15, 0.2) is 41.1 Å². The number of nitrogen functional groups attached to an aromatic ring is 1. The van der Waals surface area contributed by atoms with Gasteiger partial charge in [0.05, 0.1) is 0 Å². The van der Waals surface area contributed by atoms with Crippen LogP contribution in [0.25, 0.3) is 11.2 Å². The second-order valence-corrected chi connectivity index (χ2v) is 3.64. The lowest BCUT2D eigenvalue weighted by molar-refractivity contribution is 0.476. The van der Waals surface area contributed by atoms with E-state index in [1.807, 2.05) is 6.07 Å². The number of H-pyrrole nitrogens is 1. The van der Waals surface area contributed by atoms with Gasteiger partial charge in [0.2, 0.25) is 0 Å². The van der Waals surface area contributed by atoms with Gasteiger partial charge in [-0.2, -0.15) is 0 Å². The zero-order chi connectivity index (χ0) is 13.0. The number of nitrogens with one attached hydrogen (secondary N) is 1. The first-order chi connectivity index (χ1) is 8.66. The SMILES string of the molecule is Nc1ncccc1O.S=c1[nH]c2ncccc2o1. The van der Waals surface area contributed by atoms with Crippen LogP contribution in [0.1, 0.15) is 0 Å². The van der Waals surface area contributed by atoms with Crippen molar-refractivity contribution in [2.45, 2.75) is 0 Å². The van der Waals surface area contributed by atoms with Gasteiger partial charge in [0, 0.05) is 12.4 Å². The summed E-state index contributed by atoms with van der Waals surface area (Å²) in [7, 11) is 0. The standard InChI is InChI=1S/C6H4N2OS.C5H6N2O/c10-6-8-5-4(9-6)2-1-3-7-5;6-5-4(8)2-1-3-7-5/h1-3H,(H,7,8,10);1-3,8H,(H2,6,7). The molecule has 6 nitrogen and oxygen atoms in total. The third kappa shape index (κ3) is 2.83. The number of rotatable bonds is 0. The molecule has 7 heteroatoms. The number of oxazole rings is 1. The van der Waals surface area contributed by atoms with Gasteiger partial charge < -0.3 is 15.3 Å². The van der Waals surface area contributed by atoms with E-state index >= 15 is 0 Å². The summed E-state index contributed by atoms with van der Waals surface area (Å²) in [4.78, 5) is 10.8. The van der Waals surface area contributed by atoms with Crippen molar-refractivity contribution in [1.82, 2.24) is 15.0 Å². The minimum atomic E-state index is 0.0347. The first kappa shape index (κ1) is 12.1. The summed E-state index contributed by atoms with van der Waals surface area (Å²) in [5.41, 5.74) is 6.56. The Morgan fingerprint density at radius 3 is 2.56 bits per heavy atom. The molecule has 92 valence electrons. The highest BCUT2D eigenvalue weighted by Crippen LogP contribution is 2.12. The Hall–Kier alpha value is -2.41. The molecule has 0 aromatic carbocycles. The first-order valence-corrected chi connectivity index (χ1v) is 5.41. The molecule has 3 aromatic heterocycles. The van der Waals surface area contributed by atoms with Crippen LogP contribution in [0.3, 0.4) is 0 Å². The van der Waals surface area contributed by atoms with Crippen molar-refractivity contribution < 1.29 is 9.52 Å². The molecule has 0 bridgehead atoms. The van der Waals surface area contributed by atoms with Gasteiger partial charge in [-0.15, -0.1) is 0 Å². The highest BCUT2D eigenvalue weighted by Gasteiger charge is 1.94. The van der Waals surface area contributed by atoms with Gasteiger partial charge >= 0.3 is 0 Å². The number of hydrogen-bond donors (Lipinski definition) is 3. The zero-order valence-corrected chi connectivity index (χ0v) is 10.0. The van der Waals surface area contributed by atoms with Gasteiger partial charge in [-0.05, 0) is 36.5 Å². The Bertz CT molecular complexity index is 650. The van der Waals surface area contributed by atoms with Crippen LogP contribution in [0.5, 0.6) is 5.75 Å². The van der Waals surface area contributed by atoms with Crippen LogP contribution in [0, 0.1) is 4.84 Å². The van der Waals surface area contributed by atoms with E-state index in [4.69, 9.17) is 27.5 Å². The van der Waals surface area contributed by atoms with Crippen molar-refractivity contribution in [1.29, 1.82) is 0 Å². The lowest BCUT2D eigenvalue weighted by Gasteiger charge is -1.91. The van der Waals surface area contributed by atoms with E-state index in [2.05, 4.69) is 15.0 Å². The van der Waals surface area contributed by atoms with Crippen molar-refractivity contribution >= 4 is 29.3 Å². The summed E-state index contributed by atoms with van der Waals surface area (Å²) < 4.78 is 5.06. The number of nitrogens with zero attached hydrogens (tertiary/aromatic N) is 2. The number of fused-ring (bicyclic) bond motifs is 1. The fourth-order valence-corrected chi connectivity index (χ4v) is 1.38. The number of hydrogen-bond acceptors (Lipinski definition) is 6. The van der Waals surface area contributed by atoms with Gasteiger partial charge in [-0.1, -0.05) is 0 Å². The van der Waals surface area contributed by atoms with E-state index in [0.29, 0.717) is 16.1 Å². The van der Waals surface area contributed by atoms with Crippen molar-refractivity contribution in [2.24, 2.45) is 0 Å². The van der Waals surface area contributed by atoms with Crippen molar-refractivity contribution in [3.8, 4) is 5.75 Å². The number of aromatic nitrogens is 3. The molecule has 0 fully saturated rings. The number of aromatic hydroxyl groups is 1. The molecule has 0 aliphatic heterocycles. The number of nitrogens with two attached hydrogens (primary N) is 1. The minimum Gasteiger partial charge on any atom is -0.504 e. The van der Waals surface area contributed by atoms with Crippen molar-refractivity contribution in [2.75, 3.05) is 5.73 Å².